The molecule has 16 heavy (non-hydrogen) atoms. The number of nitrogens with one attached hydrogen (secondary N) is 1. The predicted octanol–water partition coefficient (Wildman–Crippen LogP) is 4.19. The molecule has 88 valence electrons. The van der Waals surface area contributed by atoms with Crippen molar-refractivity contribution in [2.75, 3.05) is 11.1 Å². The van der Waals surface area contributed by atoms with E-state index < -0.39 is 0 Å². The number of rotatable bonds is 3. The molecule has 0 bridgehead atoms. The fourth-order valence-corrected chi connectivity index (χ4v) is 2.46. The van der Waals surface area contributed by atoms with Gasteiger partial charge in [0.1, 0.15) is 0 Å². The number of amides is 1. The van der Waals surface area contributed by atoms with E-state index in [4.69, 9.17) is 17.3 Å². The van der Waals surface area contributed by atoms with Crippen LogP contribution in [0.2, 0.25) is 5.02 Å². The molecule has 1 aromatic rings. The first-order valence-electron chi connectivity index (χ1n) is 4.70. The fourth-order valence-electron chi connectivity index (χ4n) is 1.14. The first kappa shape index (κ1) is 13.8. The van der Waals surface area contributed by atoms with Gasteiger partial charge in [-0.25, -0.2) is 0 Å². The van der Waals surface area contributed by atoms with Gasteiger partial charge in [0.05, 0.1) is 20.9 Å². The smallest absolute Gasteiger partial charge is 0.224 e. The summed E-state index contributed by atoms with van der Waals surface area (Å²) in [7, 11) is 0. The summed E-state index contributed by atoms with van der Waals surface area (Å²) >= 11 is 12.6. The van der Waals surface area contributed by atoms with Gasteiger partial charge in [0.2, 0.25) is 5.91 Å². The van der Waals surface area contributed by atoms with E-state index in [1.165, 1.54) is 0 Å². The van der Waals surface area contributed by atoms with Gasteiger partial charge in [0, 0.05) is 10.9 Å². The first-order valence-corrected chi connectivity index (χ1v) is 6.66. The van der Waals surface area contributed by atoms with E-state index in [0.717, 1.165) is 6.42 Å². The van der Waals surface area contributed by atoms with Gasteiger partial charge in [-0.1, -0.05) is 18.5 Å². The van der Waals surface area contributed by atoms with E-state index in [9.17, 15) is 4.79 Å². The third kappa shape index (κ3) is 3.12. The summed E-state index contributed by atoms with van der Waals surface area (Å²) < 4.78 is 1.27. The second kappa shape index (κ2) is 5.89. The molecule has 3 nitrogen and oxygen atoms in total. The molecule has 3 N–H and O–H groups in total. The lowest BCUT2D eigenvalue weighted by Gasteiger charge is -2.11. The Labute approximate surface area is 116 Å². The molecular formula is C10H11Br2ClN2O. The molecule has 6 heteroatoms. The van der Waals surface area contributed by atoms with E-state index >= 15 is 0 Å². The molecule has 0 fully saturated rings. The van der Waals surface area contributed by atoms with Gasteiger partial charge in [0.25, 0.3) is 0 Å². The van der Waals surface area contributed by atoms with Crippen LogP contribution in [0.5, 0.6) is 0 Å². The summed E-state index contributed by atoms with van der Waals surface area (Å²) in [4.78, 5) is 11.4. The maximum absolute atomic E-state index is 11.4. The normalized spacial score (nSPS) is 10.2. The summed E-state index contributed by atoms with van der Waals surface area (Å²) in [6.07, 6.45) is 1.26. The van der Waals surface area contributed by atoms with Crippen LogP contribution in [-0.4, -0.2) is 5.91 Å². The van der Waals surface area contributed by atoms with Crippen molar-refractivity contribution in [1.82, 2.24) is 0 Å². The van der Waals surface area contributed by atoms with Crippen LogP contribution in [0.25, 0.3) is 0 Å². The number of benzene rings is 1. The number of halogens is 3. The minimum absolute atomic E-state index is 0.0621. The third-order valence-electron chi connectivity index (χ3n) is 1.95. The number of hydrogen-bond donors (Lipinski definition) is 2. The van der Waals surface area contributed by atoms with E-state index in [1.54, 1.807) is 6.07 Å². The number of anilines is 2. The molecule has 0 atom stereocenters. The molecule has 0 unspecified atom stereocenters. The monoisotopic (exact) mass is 368 g/mol. The Morgan fingerprint density at radius 3 is 2.75 bits per heavy atom. The van der Waals surface area contributed by atoms with Crippen molar-refractivity contribution >= 4 is 60.7 Å². The maximum atomic E-state index is 11.4. The highest BCUT2D eigenvalue weighted by molar-refractivity contribution is 9.11. The summed E-state index contributed by atoms with van der Waals surface area (Å²) in [5.41, 5.74) is 6.81. The molecule has 0 aliphatic heterocycles. The van der Waals surface area contributed by atoms with Gasteiger partial charge in [-0.3, -0.25) is 4.79 Å². The zero-order valence-electron chi connectivity index (χ0n) is 8.61. The van der Waals surface area contributed by atoms with Gasteiger partial charge in [-0.2, -0.15) is 0 Å². The number of carbonyl (C=O) groups is 1. The lowest BCUT2D eigenvalue weighted by Crippen LogP contribution is -2.11. The fraction of sp³-hybridized carbons (Fsp3) is 0.300. The van der Waals surface area contributed by atoms with Crippen LogP contribution in [-0.2, 0) is 4.79 Å². The highest BCUT2D eigenvalue weighted by Gasteiger charge is 2.13. The van der Waals surface area contributed by atoms with Crippen LogP contribution in [0.4, 0.5) is 11.4 Å². The highest BCUT2D eigenvalue weighted by atomic mass is 79.9. The lowest BCUT2D eigenvalue weighted by molar-refractivity contribution is -0.116. The summed E-state index contributed by atoms with van der Waals surface area (Å²) in [5, 5.41) is 3.14. The Bertz CT molecular complexity index is 424. The van der Waals surface area contributed by atoms with E-state index in [1.807, 2.05) is 6.92 Å². The Hall–Kier alpha value is -0.260. The lowest BCUT2D eigenvalue weighted by atomic mass is 10.2. The van der Waals surface area contributed by atoms with Crippen molar-refractivity contribution in [2.45, 2.75) is 19.8 Å². The predicted molar refractivity (Wildman–Crippen MR) is 74.8 cm³/mol. The molecule has 0 saturated heterocycles. The van der Waals surface area contributed by atoms with Crippen LogP contribution >= 0.6 is 43.5 Å². The largest absolute Gasteiger partial charge is 0.397 e. The Balaban J connectivity index is 3.02. The first-order chi connectivity index (χ1) is 7.47. The summed E-state index contributed by atoms with van der Waals surface area (Å²) in [6.45, 7) is 1.94. The van der Waals surface area contributed by atoms with Gasteiger partial charge in [-0.05, 0) is 44.3 Å². The molecule has 0 aromatic heterocycles. The second-order valence-electron chi connectivity index (χ2n) is 3.25. The van der Waals surface area contributed by atoms with Crippen LogP contribution < -0.4 is 11.1 Å². The molecule has 1 aromatic carbocycles. The average Bonchev–Trinajstić information content (AvgIpc) is 2.23. The Morgan fingerprint density at radius 1 is 1.56 bits per heavy atom. The summed E-state index contributed by atoms with van der Waals surface area (Å²) in [6, 6.07) is 1.69. The van der Waals surface area contributed by atoms with Crippen molar-refractivity contribution in [2.24, 2.45) is 0 Å². The second-order valence-corrected chi connectivity index (χ2v) is 5.27. The van der Waals surface area contributed by atoms with E-state index in [2.05, 4.69) is 37.2 Å². The van der Waals surface area contributed by atoms with Crippen LogP contribution in [0.1, 0.15) is 19.8 Å². The average molecular weight is 370 g/mol. The van der Waals surface area contributed by atoms with Crippen molar-refractivity contribution in [1.29, 1.82) is 0 Å². The molecule has 1 rings (SSSR count). The number of carbonyl (C=O) groups excluding carboxylic acids is 1. The van der Waals surface area contributed by atoms with Gasteiger partial charge in [-0.15, -0.1) is 0 Å². The third-order valence-corrected chi connectivity index (χ3v) is 4.05. The zero-order valence-corrected chi connectivity index (χ0v) is 12.5. The SMILES string of the molecule is CCCC(=O)Nc1cc(Br)c(N)c(Br)c1Cl. The van der Waals surface area contributed by atoms with Crippen LogP contribution in [0.15, 0.2) is 15.0 Å². The van der Waals surface area contributed by atoms with Gasteiger partial charge in [0.15, 0.2) is 0 Å². The minimum atomic E-state index is -0.0621. The standard InChI is InChI=1S/C10H11Br2ClN2O/c1-2-3-7(16)15-6-4-5(11)10(14)8(12)9(6)13/h4H,2-3,14H2,1H3,(H,15,16). The zero-order chi connectivity index (χ0) is 12.3. The van der Waals surface area contributed by atoms with Crippen LogP contribution in [0.3, 0.4) is 0 Å². The summed E-state index contributed by atoms with van der Waals surface area (Å²) in [5.74, 6) is -0.0621. The topological polar surface area (TPSA) is 55.1 Å². The highest BCUT2D eigenvalue weighted by Crippen LogP contribution is 2.39. The molecule has 0 radical (unpaired) electrons. The quantitative estimate of drug-likeness (QED) is 0.619. The van der Waals surface area contributed by atoms with E-state index in [0.29, 0.717) is 31.8 Å². The Morgan fingerprint density at radius 2 is 2.19 bits per heavy atom. The Kier molecular flexibility index (Phi) is 5.08. The van der Waals surface area contributed by atoms with Gasteiger partial charge < -0.3 is 11.1 Å². The van der Waals surface area contributed by atoms with Crippen molar-refractivity contribution < 1.29 is 4.79 Å². The van der Waals surface area contributed by atoms with E-state index in [-0.39, 0.29) is 5.91 Å². The molecule has 0 aliphatic carbocycles. The molecular weight excluding hydrogens is 359 g/mol. The molecule has 0 heterocycles. The van der Waals surface area contributed by atoms with Crippen LogP contribution in [0, 0.1) is 0 Å². The maximum Gasteiger partial charge on any atom is 0.224 e. The van der Waals surface area contributed by atoms with Crippen molar-refractivity contribution in [3.63, 3.8) is 0 Å². The van der Waals surface area contributed by atoms with Crippen molar-refractivity contribution in [3.05, 3.63) is 20.0 Å². The number of nitrogen functional groups attached to an aromatic ring is 1. The molecule has 1 amide bonds. The molecule has 0 aliphatic rings. The van der Waals surface area contributed by atoms with Crippen molar-refractivity contribution in [3.8, 4) is 0 Å². The number of nitrogens with two attached hydrogens (primary N) is 1. The molecule has 0 saturated carbocycles. The van der Waals surface area contributed by atoms with Gasteiger partial charge >= 0.3 is 0 Å². The molecule has 0 spiro atoms. The minimum Gasteiger partial charge on any atom is -0.397 e. The number of hydrogen-bond acceptors (Lipinski definition) is 2.